The third-order valence-electron chi connectivity index (χ3n) is 2.56. The minimum atomic E-state index is -0.0432. The van der Waals surface area contributed by atoms with Gasteiger partial charge in [-0.1, -0.05) is 13.8 Å². The molecule has 0 atom stereocenters. The van der Waals surface area contributed by atoms with Crippen molar-refractivity contribution in [3.8, 4) is 0 Å². The molecule has 0 spiro atoms. The fourth-order valence-electron chi connectivity index (χ4n) is 1.57. The van der Waals surface area contributed by atoms with Crippen molar-refractivity contribution in [1.29, 1.82) is 0 Å². The summed E-state index contributed by atoms with van der Waals surface area (Å²) in [6, 6.07) is 3.98. The predicted octanol–water partition coefficient (Wildman–Crippen LogP) is 3.71. The Bertz CT molecular complexity index is 410. The van der Waals surface area contributed by atoms with Crippen LogP contribution in [0.5, 0.6) is 0 Å². The molecule has 0 aliphatic heterocycles. The van der Waals surface area contributed by atoms with Gasteiger partial charge in [0.1, 0.15) is 0 Å². The van der Waals surface area contributed by atoms with Crippen molar-refractivity contribution in [2.45, 2.75) is 26.8 Å². The number of carbonyl (C=O) groups is 1. The first-order valence-corrected chi connectivity index (χ1v) is 8.41. The zero-order valence-electron chi connectivity index (χ0n) is 12.3. The summed E-state index contributed by atoms with van der Waals surface area (Å²) >= 11 is 5.07. The van der Waals surface area contributed by atoms with E-state index in [4.69, 9.17) is 4.74 Å². The second-order valence-electron chi connectivity index (χ2n) is 5.12. The number of carbonyl (C=O) groups excluding carboxylic acids is 1. The van der Waals surface area contributed by atoms with Gasteiger partial charge in [-0.05, 0) is 40.4 Å². The van der Waals surface area contributed by atoms with Gasteiger partial charge in [0.05, 0.1) is 10.3 Å². The van der Waals surface area contributed by atoms with Crippen molar-refractivity contribution in [3.63, 3.8) is 0 Å². The highest BCUT2D eigenvalue weighted by Gasteiger charge is 2.09. The molecule has 6 heteroatoms. The first kappa shape index (κ1) is 17.5. The summed E-state index contributed by atoms with van der Waals surface area (Å²) in [6.07, 6.45) is 0.844. The highest BCUT2D eigenvalue weighted by atomic mass is 79.9. The van der Waals surface area contributed by atoms with Crippen molar-refractivity contribution < 1.29 is 9.53 Å². The number of nitrogens with one attached hydrogen (secondary N) is 1. The number of rotatable bonds is 8. The highest BCUT2D eigenvalue weighted by Crippen LogP contribution is 2.22. The number of halogens is 1. The molecule has 20 heavy (non-hydrogen) atoms. The summed E-state index contributed by atoms with van der Waals surface area (Å²) in [4.78, 5) is 14.7. The molecule has 0 radical (unpaired) electrons. The Hall–Kier alpha value is -0.590. The van der Waals surface area contributed by atoms with Crippen LogP contribution in [0.4, 0.5) is 4.79 Å². The zero-order valence-corrected chi connectivity index (χ0v) is 14.7. The summed E-state index contributed by atoms with van der Waals surface area (Å²) in [7, 11) is 1.80. The van der Waals surface area contributed by atoms with Crippen molar-refractivity contribution >= 4 is 33.3 Å². The monoisotopic (exact) mass is 362 g/mol. The van der Waals surface area contributed by atoms with E-state index < -0.39 is 0 Å². The van der Waals surface area contributed by atoms with Gasteiger partial charge in [-0.3, -0.25) is 0 Å². The van der Waals surface area contributed by atoms with Crippen LogP contribution in [0.1, 0.15) is 25.1 Å². The Morgan fingerprint density at radius 2 is 2.25 bits per heavy atom. The van der Waals surface area contributed by atoms with Crippen molar-refractivity contribution in [2.75, 3.05) is 26.8 Å². The lowest BCUT2D eigenvalue weighted by atomic mass is 10.2. The molecular formula is C14H23BrN2O2S. The molecule has 0 aliphatic rings. The predicted molar refractivity (Wildman–Crippen MR) is 87.2 cm³/mol. The Kier molecular flexibility index (Phi) is 8.18. The standard InChI is InChI=1S/C14H23BrN2O2S/c1-11(2)10-19-8-4-7-16-14(18)17(3)9-12-5-6-13(15)20-12/h5-6,11H,4,7-10H2,1-3H3,(H,16,18). The Morgan fingerprint density at radius 1 is 1.50 bits per heavy atom. The van der Waals surface area contributed by atoms with Gasteiger partial charge in [0, 0.05) is 31.7 Å². The lowest BCUT2D eigenvalue weighted by Crippen LogP contribution is -2.37. The molecule has 1 N–H and O–H groups in total. The Balaban J connectivity index is 2.12. The number of urea groups is 1. The number of nitrogens with zero attached hydrogens (tertiary/aromatic N) is 1. The van der Waals surface area contributed by atoms with Crippen molar-refractivity contribution in [3.05, 3.63) is 20.8 Å². The molecule has 0 bridgehead atoms. The van der Waals surface area contributed by atoms with E-state index in [2.05, 4.69) is 35.1 Å². The first-order chi connectivity index (χ1) is 9.49. The molecule has 1 heterocycles. The maximum Gasteiger partial charge on any atom is 0.317 e. The minimum absolute atomic E-state index is 0.0432. The summed E-state index contributed by atoms with van der Waals surface area (Å²) < 4.78 is 6.55. The van der Waals surface area contributed by atoms with E-state index in [1.165, 1.54) is 0 Å². The average molecular weight is 363 g/mol. The molecule has 0 saturated carbocycles. The number of thiophene rings is 1. The van der Waals surface area contributed by atoms with Crippen LogP contribution < -0.4 is 5.32 Å². The summed E-state index contributed by atoms with van der Waals surface area (Å²) in [5.41, 5.74) is 0. The molecule has 0 aliphatic carbocycles. The van der Waals surface area contributed by atoms with Gasteiger partial charge in [0.25, 0.3) is 0 Å². The van der Waals surface area contributed by atoms with Crippen LogP contribution in [0.2, 0.25) is 0 Å². The Labute approximate surface area is 133 Å². The topological polar surface area (TPSA) is 41.6 Å². The summed E-state index contributed by atoms with van der Waals surface area (Å²) in [6.45, 7) is 7.00. The van der Waals surface area contributed by atoms with Crippen LogP contribution in [-0.4, -0.2) is 37.7 Å². The number of amides is 2. The molecule has 1 rings (SSSR count). The fraction of sp³-hybridized carbons (Fsp3) is 0.643. The SMILES string of the molecule is CC(C)COCCCNC(=O)N(C)Cc1ccc(Br)s1. The van der Waals surface area contributed by atoms with Crippen LogP contribution >= 0.6 is 27.3 Å². The molecule has 1 aromatic rings. The molecule has 0 unspecified atom stereocenters. The molecule has 4 nitrogen and oxygen atoms in total. The molecule has 1 aromatic heterocycles. The van der Waals surface area contributed by atoms with Gasteiger partial charge in [-0.25, -0.2) is 4.79 Å². The van der Waals surface area contributed by atoms with E-state index in [-0.39, 0.29) is 6.03 Å². The van der Waals surface area contributed by atoms with E-state index in [0.717, 1.165) is 21.7 Å². The molecular weight excluding hydrogens is 340 g/mol. The Morgan fingerprint density at radius 3 is 2.85 bits per heavy atom. The number of ether oxygens (including phenoxy) is 1. The maximum atomic E-state index is 11.9. The first-order valence-electron chi connectivity index (χ1n) is 6.80. The van der Waals surface area contributed by atoms with Gasteiger partial charge in [-0.15, -0.1) is 11.3 Å². The van der Waals surface area contributed by atoms with E-state index in [1.807, 2.05) is 12.1 Å². The van der Waals surface area contributed by atoms with Crippen molar-refractivity contribution in [1.82, 2.24) is 10.2 Å². The van der Waals surface area contributed by atoms with Crippen molar-refractivity contribution in [2.24, 2.45) is 5.92 Å². The van der Waals surface area contributed by atoms with E-state index in [1.54, 1.807) is 23.3 Å². The number of hydrogen-bond donors (Lipinski definition) is 1. The third kappa shape index (κ3) is 7.26. The van der Waals surface area contributed by atoms with Gasteiger partial charge in [0.15, 0.2) is 0 Å². The lowest BCUT2D eigenvalue weighted by molar-refractivity contribution is 0.108. The maximum absolute atomic E-state index is 11.9. The average Bonchev–Trinajstić information content (AvgIpc) is 2.78. The van der Waals surface area contributed by atoms with Gasteiger partial charge in [0.2, 0.25) is 0 Å². The van der Waals surface area contributed by atoms with Crippen LogP contribution in [0.3, 0.4) is 0 Å². The molecule has 0 saturated heterocycles. The zero-order chi connectivity index (χ0) is 15.0. The minimum Gasteiger partial charge on any atom is -0.381 e. The molecule has 114 valence electrons. The quantitative estimate of drug-likeness (QED) is 0.716. The summed E-state index contributed by atoms with van der Waals surface area (Å²) in [5.74, 6) is 0.556. The third-order valence-corrected chi connectivity index (χ3v) is 4.17. The van der Waals surface area contributed by atoms with Crippen LogP contribution in [0.25, 0.3) is 0 Å². The van der Waals surface area contributed by atoms with Crippen LogP contribution in [0.15, 0.2) is 15.9 Å². The second-order valence-corrected chi connectivity index (χ2v) is 7.66. The lowest BCUT2D eigenvalue weighted by Gasteiger charge is -2.17. The molecule has 0 aromatic carbocycles. The van der Waals surface area contributed by atoms with E-state index in [0.29, 0.717) is 25.6 Å². The van der Waals surface area contributed by atoms with Gasteiger partial charge >= 0.3 is 6.03 Å². The van der Waals surface area contributed by atoms with Crippen LogP contribution in [0, 0.1) is 5.92 Å². The van der Waals surface area contributed by atoms with E-state index >= 15 is 0 Å². The molecule has 2 amide bonds. The fourth-order valence-corrected chi connectivity index (χ4v) is 3.10. The second kappa shape index (κ2) is 9.37. The smallest absolute Gasteiger partial charge is 0.317 e. The highest BCUT2D eigenvalue weighted by molar-refractivity contribution is 9.11. The molecule has 0 fully saturated rings. The summed E-state index contributed by atoms with van der Waals surface area (Å²) in [5, 5.41) is 2.90. The van der Waals surface area contributed by atoms with E-state index in [9.17, 15) is 4.79 Å². The largest absolute Gasteiger partial charge is 0.381 e. The van der Waals surface area contributed by atoms with Gasteiger partial charge < -0.3 is 15.0 Å². The van der Waals surface area contributed by atoms with Crippen LogP contribution in [-0.2, 0) is 11.3 Å². The normalized spacial score (nSPS) is 10.8. The number of hydrogen-bond acceptors (Lipinski definition) is 3. The van der Waals surface area contributed by atoms with Gasteiger partial charge in [-0.2, -0.15) is 0 Å².